The van der Waals surface area contributed by atoms with Gasteiger partial charge in [0.15, 0.2) is 0 Å². The van der Waals surface area contributed by atoms with Crippen molar-refractivity contribution >= 4 is 29.1 Å². The van der Waals surface area contributed by atoms with Gasteiger partial charge in [-0.25, -0.2) is 0 Å². The molecule has 53 heavy (non-hydrogen) atoms. The van der Waals surface area contributed by atoms with Gasteiger partial charge in [-0.1, -0.05) is 53.5 Å². The van der Waals surface area contributed by atoms with Gasteiger partial charge in [0.1, 0.15) is 36.5 Å². The number of hydrogen-bond donors (Lipinski definition) is 4. The average Bonchev–Trinajstić information content (AvgIpc) is 3.60. The van der Waals surface area contributed by atoms with Crippen LogP contribution in [0.2, 0.25) is 10.0 Å². The van der Waals surface area contributed by atoms with Gasteiger partial charge in [0.05, 0.1) is 41.5 Å². The molecule has 280 valence electrons. The Bertz CT molecular complexity index is 1900. The standard InChI is InChI=1S/C40H45Cl2N5O6/c1-26-30(6-3-7-34(26)35-8-4-9-37(40(35)42)51-13-5-11-47-12-10-32(21-47)46-27(2)50)25-53-39-16-38(52-24-29-14-28(17-43)18-44-19-29)31(15-36(39)41)20-45-33(22-48)23-49/h3-4,6-9,14-16,18-19,32-33,45,48-49H,5,10-13,20-25H2,1-2H3,(H,46,50). The number of nitrogens with zero attached hydrogens (tertiary/aromatic N) is 3. The molecular weight excluding hydrogens is 717 g/mol. The number of carbonyl (C=O) groups is 1. The van der Waals surface area contributed by atoms with E-state index in [2.05, 4.69) is 26.6 Å². The Morgan fingerprint density at radius 2 is 1.77 bits per heavy atom. The van der Waals surface area contributed by atoms with Gasteiger partial charge < -0.3 is 40.0 Å². The lowest BCUT2D eigenvalue weighted by atomic mass is 9.96. The maximum atomic E-state index is 11.4. The minimum absolute atomic E-state index is 0.00962. The smallest absolute Gasteiger partial charge is 0.217 e. The molecule has 1 amide bonds. The number of aliphatic hydroxyl groups is 2. The molecule has 2 heterocycles. The summed E-state index contributed by atoms with van der Waals surface area (Å²) in [5.74, 6) is 1.53. The molecule has 0 spiro atoms. The maximum absolute atomic E-state index is 11.4. The van der Waals surface area contributed by atoms with Gasteiger partial charge in [-0.05, 0) is 54.7 Å². The molecule has 1 aliphatic heterocycles. The number of benzene rings is 3. The number of carbonyl (C=O) groups excluding carboxylic acids is 1. The van der Waals surface area contributed by atoms with Crippen LogP contribution in [0.15, 0.2) is 67.0 Å². The molecule has 1 fully saturated rings. The molecule has 1 unspecified atom stereocenters. The number of halogens is 2. The monoisotopic (exact) mass is 761 g/mol. The van der Waals surface area contributed by atoms with Gasteiger partial charge in [-0.15, -0.1) is 0 Å². The molecule has 1 atom stereocenters. The van der Waals surface area contributed by atoms with E-state index in [1.54, 1.807) is 31.3 Å². The number of aromatic nitrogens is 1. The predicted octanol–water partition coefficient (Wildman–Crippen LogP) is 5.82. The van der Waals surface area contributed by atoms with Crippen LogP contribution in [0.4, 0.5) is 0 Å². The van der Waals surface area contributed by atoms with Crippen LogP contribution in [0, 0.1) is 18.3 Å². The summed E-state index contributed by atoms with van der Waals surface area (Å²) in [4.78, 5) is 17.8. The van der Waals surface area contributed by atoms with Gasteiger partial charge in [0.25, 0.3) is 0 Å². The SMILES string of the molecule is CC(=O)NC1CCN(CCCOc2cccc(-c3cccc(COc4cc(OCc5cncc(C#N)c5)c(CNC(CO)CO)cc4Cl)c3C)c2Cl)C1. The first kappa shape index (κ1) is 39.8. The highest BCUT2D eigenvalue weighted by Gasteiger charge is 2.22. The second kappa shape index (κ2) is 19.6. The summed E-state index contributed by atoms with van der Waals surface area (Å²) in [6.45, 7) is 6.94. The van der Waals surface area contributed by atoms with Gasteiger partial charge in [-0.3, -0.25) is 9.78 Å². The van der Waals surface area contributed by atoms with E-state index in [4.69, 9.17) is 37.4 Å². The number of nitrogens with one attached hydrogen (secondary N) is 2. The fourth-order valence-electron chi connectivity index (χ4n) is 6.22. The molecule has 1 aliphatic rings. The number of rotatable bonds is 18. The van der Waals surface area contributed by atoms with Crippen molar-refractivity contribution < 1.29 is 29.2 Å². The first-order valence-electron chi connectivity index (χ1n) is 17.6. The van der Waals surface area contributed by atoms with Crippen LogP contribution in [0.3, 0.4) is 0 Å². The molecule has 0 saturated carbocycles. The number of nitriles is 1. The molecule has 4 N–H and O–H groups in total. The lowest BCUT2D eigenvalue weighted by Crippen LogP contribution is -2.35. The fourth-order valence-corrected chi connectivity index (χ4v) is 6.74. The van der Waals surface area contributed by atoms with E-state index < -0.39 is 6.04 Å². The van der Waals surface area contributed by atoms with E-state index in [0.29, 0.717) is 50.6 Å². The van der Waals surface area contributed by atoms with E-state index in [9.17, 15) is 20.3 Å². The van der Waals surface area contributed by atoms with Crippen molar-refractivity contribution in [2.45, 2.75) is 58.5 Å². The number of pyridine rings is 1. The minimum Gasteiger partial charge on any atom is -0.492 e. The topological polar surface area (TPSA) is 149 Å². The van der Waals surface area contributed by atoms with Gasteiger partial charge in [0, 0.05) is 74.3 Å². The summed E-state index contributed by atoms with van der Waals surface area (Å²) in [5, 5.41) is 35.4. The Hall–Kier alpha value is -4.41. The number of likely N-dealkylation sites (tertiary alicyclic amines) is 1. The van der Waals surface area contributed by atoms with Crippen LogP contribution in [-0.2, 0) is 24.6 Å². The first-order valence-corrected chi connectivity index (χ1v) is 18.3. The predicted molar refractivity (Wildman–Crippen MR) is 204 cm³/mol. The summed E-state index contributed by atoms with van der Waals surface area (Å²) in [7, 11) is 0. The zero-order valence-corrected chi connectivity index (χ0v) is 31.4. The zero-order valence-electron chi connectivity index (χ0n) is 29.9. The van der Waals surface area contributed by atoms with Gasteiger partial charge in [-0.2, -0.15) is 5.26 Å². The molecule has 13 heteroatoms. The van der Waals surface area contributed by atoms with Crippen LogP contribution in [0.1, 0.15) is 47.6 Å². The van der Waals surface area contributed by atoms with Gasteiger partial charge >= 0.3 is 0 Å². The van der Waals surface area contributed by atoms with E-state index in [0.717, 1.165) is 54.7 Å². The third kappa shape index (κ3) is 11.1. The van der Waals surface area contributed by atoms with Crippen LogP contribution < -0.4 is 24.8 Å². The minimum atomic E-state index is -0.517. The average molecular weight is 763 g/mol. The summed E-state index contributed by atoms with van der Waals surface area (Å²) in [5.41, 5.74) is 5.56. The first-order chi connectivity index (χ1) is 25.7. The van der Waals surface area contributed by atoms with Crippen molar-refractivity contribution in [2.24, 2.45) is 0 Å². The summed E-state index contributed by atoms with van der Waals surface area (Å²) in [6, 6.07) is 18.7. The number of aliphatic hydroxyl groups excluding tert-OH is 2. The highest BCUT2D eigenvalue weighted by Crippen LogP contribution is 2.38. The Kier molecular flexibility index (Phi) is 14.7. The van der Waals surface area contributed by atoms with Crippen LogP contribution in [0.25, 0.3) is 11.1 Å². The van der Waals surface area contributed by atoms with Crippen molar-refractivity contribution in [3.63, 3.8) is 0 Å². The normalized spacial score (nSPS) is 14.3. The van der Waals surface area contributed by atoms with Crippen molar-refractivity contribution in [3.8, 4) is 34.4 Å². The van der Waals surface area contributed by atoms with Crippen LogP contribution >= 0.6 is 23.2 Å². The Morgan fingerprint density at radius 1 is 1.00 bits per heavy atom. The molecule has 5 rings (SSSR count). The molecular formula is C40H45Cl2N5O6. The number of hydrogen-bond acceptors (Lipinski definition) is 10. The second-order valence-corrected chi connectivity index (χ2v) is 13.8. The van der Waals surface area contributed by atoms with Crippen molar-refractivity contribution in [1.29, 1.82) is 5.26 Å². The molecule has 0 aliphatic carbocycles. The largest absolute Gasteiger partial charge is 0.492 e. The van der Waals surface area contributed by atoms with E-state index in [1.807, 2.05) is 43.3 Å². The quantitative estimate of drug-likeness (QED) is 0.0915. The van der Waals surface area contributed by atoms with Crippen LogP contribution in [0.5, 0.6) is 17.2 Å². The van der Waals surface area contributed by atoms with Crippen molar-refractivity contribution in [1.82, 2.24) is 20.5 Å². The van der Waals surface area contributed by atoms with Crippen molar-refractivity contribution in [3.05, 3.63) is 105 Å². The molecule has 11 nitrogen and oxygen atoms in total. The third-order valence-electron chi connectivity index (χ3n) is 9.09. The van der Waals surface area contributed by atoms with Crippen LogP contribution in [-0.4, -0.2) is 77.5 Å². The Morgan fingerprint density at radius 3 is 2.55 bits per heavy atom. The van der Waals surface area contributed by atoms with Gasteiger partial charge in [0.2, 0.25) is 5.91 Å². The highest BCUT2D eigenvalue weighted by atomic mass is 35.5. The lowest BCUT2D eigenvalue weighted by molar-refractivity contribution is -0.119. The van der Waals surface area contributed by atoms with E-state index in [-0.39, 0.29) is 44.9 Å². The molecule has 0 bridgehead atoms. The van der Waals surface area contributed by atoms with E-state index >= 15 is 0 Å². The number of ether oxygens (including phenoxy) is 3. The van der Waals surface area contributed by atoms with E-state index in [1.165, 1.54) is 6.20 Å². The fraction of sp³-hybridized carbons (Fsp3) is 0.375. The summed E-state index contributed by atoms with van der Waals surface area (Å²) in [6.07, 6.45) is 4.91. The molecule has 3 aromatic carbocycles. The lowest BCUT2D eigenvalue weighted by Gasteiger charge is -2.19. The summed E-state index contributed by atoms with van der Waals surface area (Å²) < 4.78 is 18.6. The molecule has 1 saturated heterocycles. The van der Waals surface area contributed by atoms with Crippen molar-refractivity contribution in [2.75, 3.05) is 39.5 Å². The maximum Gasteiger partial charge on any atom is 0.217 e. The number of amides is 1. The molecule has 0 radical (unpaired) electrons. The zero-order chi connectivity index (χ0) is 37.7. The highest BCUT2D eigenvalue weighted by molar-refractivity contribution is 6.35. The molecule has 1 aromatic heterocycles. The summed E-state index contributed by atoms with van der Waals surface area (Å²) >= 11 is 13.7. The third-order valence-corrected chi connectivity index (χ3v) is 9.78. The Balaban J connectivity index is 1.26. The molecule has 4 aromatic rings. The second-order valence-electron chi connectivity index (χ2n) is 13.0. The Labute approximate surface area is 320 Å².